The lowest BCUT2D eigenvalue weighted by Gasteiger charge is -2.24. The van der Waals surface area contributed by atoms with E-state index in [2.05, 4.69) is 5.32 Å². The fourth-order valence-corrected chi connectivity index (χ4v) is 2.81. The van der Waals surface area contributed by atoms with Gasteiger partial charge in [-0.15, -0.1) is 11.6 Å². The van der Waals surface area contributed by atoms with Gasteiger partial charge in [0.15, 0.2) is 0 Å². The van der Waals surface area contributed by atoms with E-state index < -0.39 is 0 Å². The first kappa shape index (κ1) is 13.4. The maximum absolute atomic E-state index is 12.2. The highest BCUT2D eigenvalue weighted by Gasteiger charge is 2.23. The fraction of sp³-hybridized carbons (Fsp3) is 0.533. The molecule has 1 atom stereocenters. The smallest absolute Gasteiger partial charge is 0.223 e. The van der Waals surface area contributed by atoms with Crippen LogP contribution in [0, 0.1) is 5.92 Å². The highest BCUT2D eigenvalue weighted by molar-refractivity contribution is 6.18. The monoisotopic (exact) mass is 265 g/mol. The number of halogens is 1. The van der Waals surface area contributed by atoms with Crippen LogP contribution in [-0.4, -0.2) is 11.8 Å². The number of amides is 1. The maximum Gasteiger partial charge on any atom is 0.223 e. The van der Waals surface area contributed by atoms with Crippen LogP contribution < -0.4 is 5.32 Å². The Kier molecular flexibility index (Phi) is 5.06. The minimum Gasteiger partial charge on any atom is -0.348 e. The highest BCUT2D eigenvalue weighted by Crippen LogP contribution is 2.25. The Morgan fingerprint density at radius 1 is 1.22 bits per heavy atom. The zero-order chi connectivity index (χ0) is 12.8. The molecule has 3 heteroatoms. The lowest BCUT2D eigenvalue weighted by Crippen LogP contribution is -2.35. The van der Waals surface area contributed by atoms with Crippen LogP contribution in [0.4, 0.5) is 0 Å². The van der Waals surface area contributed by atoms with Crippen molar-refractivity contribution in [3.05, 3.63) is 35.9 Å². The molecule has 2 nitrogen and oxygen atoms in total. The number of carbonyl (C=O) groups excluding carboxylic acids is 1. The Labute approximate surface area is 114 Å². The molecule has 0 bridgehead atoms. The average Bonchev–Trinajstić information content (AvgIpc) is 2.46. The van der Waals surface area contributed by atoms with Crippen LogP contribution >= 0.6 is 11.6 Å². The number of hydrogen-bond donors (Lipinski definition) is 1. The third kappa shape index (κ3) is 3.49. The molecular weight excluding hydrogens is 246 g/mol. The Balaban J connectivity index is 1.95. The van der Waals surface area contributed by atoms with Crippen molar-refractivity contribution in [3.8, 4) is 0 Å². The molecular formula is C15H20ClNO. The summed E-state index contributed by atoms with van der Waals surface area (Å²) >= 11 is 5.97. The first-order valence-electron chi connectivity index (χ1n) is 6.72. The van der Waals surface area contributed by atoms with E-state index in [1.807, 2.05) is 30.3 Å². The molecule has 0 spiro atoms. The van der Waals surface area contributed by atoms with Gasteiger partial charge in [0.25, 0.3) is 0 Å². The molecule has 0 aliphatic heterocycles. The third-order valence-electron chi connectivity index (χ3n) is 3.65. The Morgan fingerprint density at radius 2 is 1.89 bits per heavy atom. The molecule has 1 N–H and O–H groups in total. The van der Waals surface area contributed by atoms with E-state index >= 15 is 0 Å². The predicted molar refractivity (Wildman–Crippen MR) is 74.6 cm³/mol. The standard InChI is InChI=1S/C15H20ClNO/c16-11-14(12-7-3-1-4-8-12)17-15(18)13-9-5-2-6-10-13/h1,3-4,7-8,13-14H,2,5-6,9-11H2,(H,17,18). The van der Waals surface area contributed by atoms with Crippen molar-refractivity contribution in [2.24, 2.45) is 5.92 Å². The van der Waals surface area contributed by atoms with Crippen molar-refractivity contribution >= 4 is 17.5 Å². The van der Waals surface area contributed by atoms with Crippen LogP contribution in [0.2, 0.25) is 0 Å². The first-order chi connectivity index (χ1) is 8.81. The van der Waals surface area contributed by atoms with Crippen molar-refractivity contribution in [1.82, 2.24) is 5.32 Å². The van der Waals surface area contributed by atoms with Gasteiger partial charge in [-0.25, -0.2) is 0 Å². The van der Waals surface area contributed by atoms with E-state index in [0.717, 1.165) is 18.4 Å². The zero-order valence-corrected chi connectivity index (χ0v) is 11.3. The van der Waals surface area contributed by atoms with Crippen molar-refractivity contribution in [2.45, 2.75) is 38.1 Å². The van der Waals surface area contributed by atoms with E-state index in [-0.39, 0.29) is 17.9 Å². The number of nitrogens with one attached hydrogen (secondary N) is 1. The molecule has 0 aromatic heterocycles. The molecule has 1 amide bonds. The topological polar surface area (TPSA) is 29.1 Å². The summed E-state index contributed by atoms with van der Waals surface area (Å²) in [6.45, 7) is 0. The van der Waals surface area contributed by atoms with Crippen LogP contribution in [0.1, 0.15) is 43.7 Å². The van der Waals surface area contributed by atoms with E-state index in [4.69, 9.17) is 11.6 Å². The minimum atomic E-state index is -0.0673. The van der Waals surface area contributed by atoms with Gasteiger partial charge in [-0.2, -0.15) is 0 Å². The Bertz CT molecular complexity index is 373. The summed E-state index contributed by atoms with van der Waals surface area (Å²) in [4.78, 5) is 12.2. The van der Waals surface area contributed by atoms with E-state index in [9.17, 15) is 4.79 Å². The number of hydrogen-bond acceptors (Lipinski definition) is 1. The second kappa shape index (κ2) is 6.79. The molecule has 1 aromatic carbocycles. The largest absolute Gasteiger partial charge is 0.348 e. The number of benzene rings is 1. The molecule has 1 saturated carbocycles. The van der Waals surface area contributed by atoms with E-state index in [1.54, 1.807) is 0 Å². The second-order valence-corrected chi connectivity index (χ2v) is 5.27. The predicted octanol–water partition coefficient (Wildman–Crippen LogP) is 3.66. The average molecular weight is 266 g/mol. The van der Waals surface area contributed by atoms with Crippen molar-refractivity contribution in [2.75, 3.05) is 5.88 Å². The molecule has 0 radical (unpaired) electrons. The molecule has 98 valence electrons. The second-order valence-electron chi connectivity index (χ2n) is 4.96. The number of alkyl halides is 1. The summed E-state index contributed by atoms with van der Waals surface area (Å²) in [5, 5.41) is 3.08. The van der Waals surface area contributed by atoms with Crippen LogP contribution in [0.25, 0.3) is 0 Å². The van der Waals surface area contributed by atoms with Gasteiger partial charge in [-0.3, -0.25) is 4.79 Å². The van der Waals surface area contributed by atoms with Crippen LogP contribution in [-0.2, 0) is 4.79 Å². The summed E-state index contributed by atoms with van der Waals surface area (Å²) in [7, 11) is 0. The van der Waals surface area contributed by atoms with Gasteiger partial charge in [-0.05, 0) is 18.4 Å². The van der Waals surface area contributed by atoms with Gasteiger partial charge >= 0.3 is 0 Å². The summed E-state index contributed by atoms with van der Waals surface area (Å²) in [5.74, 6) is 0.778. The van der Waals surface area contributed by atoms with Gasteiger partial charge in [0.1, 0.15) is 0 Å². The lowest BCUT2D eigenvalue weighted by molar-refractivity contribution is -0.126. The summed E-state index contributed by atoms with van der Waals surface area (Å²) in [6.07, 6.45) is 5.66. The van der Waals surface area contributed by atoms with Crippen molar-refractivity contribution < 1.29 is 4.79 Å². The molecule has 1 aliphatic rings. The molecule has 0 saturated heterocycles. The normalized spacial score (nSPS) is 18.3. The van der Waals surface area contributed by atoms with Crippen LogP contribution in [0.5, 0.6) is 0 Å². The molecule has 1 unspecified atom stereocenters. The third-order valence-corrected chi connectivity index (χ3v) is 3.96. The maximum atomic E-state index is 12.2. The molecule has 0 heterocycles. The van der Waals surface area contributed by atoms with Gasteiger partial charge in [0, 0.05) is 11.8 Å². The highest BCUT2D eigenvalue weighted by atomic mass is 35.5. The molecule has 1 fully saturated rings. The van der Waals surface area contributed by atoms with Gasteiger partial charge < -0.3 is 5.32 Å². The van der Waals surface area contributed by atoms with E-state index in [1.165, 1.54) is 19.3 Å². The minimum absolute atomic E-state index is 0.0673. The number of rotatable bonds is 4. The lowest BCUT2D eigenvalue weighted by atomic mass is 9.88. The Hall–Kier alpha value is -1.02. The molecule has 2 rings (SSSR count). The summed E-state index contributed by atoms with van der Waals surface area (Å²) in [5.41, 5.74) is 1.08. The zero-order valence-electron chi connectivity index (χ0n) is 10.6. The first-order valence-corrected chi connectivity index (χ1v) is 7.26. The molecule has 1 aliphatic carbocycles. The van der Waals surface area contributed by atoms with Crippen molar-refractivity contribution in [1.29, 1.82) is 0 Å². The van der Waals surface area contributed by atoms with Gasteiger partial charge in [0.2, 0.25) is 5.91 Å². The quantitative estimate of drug-likeness (QED) is 0.827. The molecule has 1 aromatic rings. The number of carbonyl (C=O) groups is 1. The summed E-state index contributed by atoms with van der Waals surface area (Å²) in [6, 6.07) is 9.87. The molecule has 18 heavy (non-hydrogen) atoms. The Morgan fingerprint density at radius 3 is 2.50 bits per heavy atom. The fourth-order valence-electron chi connectivity index (χ4n) is 2.55. The summed E-state index contributed by atoms with van der Waals surface area (Å²) < 4.78 is 0. The van der Waals surface area contributed by atoms with Gasteiger partial charge in [0.05, 0.1) is 6.04 Å². The van der Waals surface area contributed by atoms with Crippen LogP contribution in [0.3, 0.4) is 0 Å². The van der Waals surface area contributed by atoms with Crippen LogP contribution in [0.15, 0.2) is 30.3 Å². The SMILES string of the molecule is O=C(NC(CCl)c1ccccc1)C1CCCCC1. The van der Waals surface area contributed by atoms with E-state index in [0.29, 0.717) is 5.88 Å². The van der Waals surface area contributed by atoms with Gasteiger partial charge in [-0.1, -0.05) is 49.6 Å². The van der Waals surface area contributed by atoms with Crippen molar-refractivity contribution in [3.63, 3.8) is 0 Å².